The van der Waals surface area contributed by atoms with Crippen LogP contribution in [0.2, 0.25) is 0 Å². The van der Waals surface area contributed by atoms with E-state index in [9.17, 15) is 14.4 Å². The minimum absolute atomic E-state index is 0.0309. The second-order valence-corrected chi connectivity index (χ2v) is 8.63. The summed E-state index contributed by atoms with van der Waals surface area (Å²) in [6, 6.07) is 6.61. The van der Waals surface area contributed by atoms with Crippen molar-refractivity contribution in [3.05, 3.63) is 34.8 Å². The van der Waals surface area contributed by atoms with E-state index in [-0.39, 0.29) is 30.1 Å². The lowest BCUT2D eigenvalue weighted by atomic mass is 10.1. The van der Waals surface area contributed by atoms with Crippen molar-refractivity contribution >= 4 is 39.9 Å². The van der Waals surface area contributed by atoms with Gasteiger partial charge < -0.3 is 15.0 Å². The van der Waals surface area contributed by atoms with Crippen molar-refractivity contribution in [3.63, 3.8) is 0 Å². The predicted octanol–water partition coefficient (Wildman–Crippen LogP) is 2.96. The zero-order chi connectivity index (χ0) is 22.9. The summed E-state index contributed by atoms with van der Waals surface area (Å²) in [6.07, 6.45) is 2.84. The third-order valence-corrected chi connectivity index (χ3v) is 6.03. The highest BCUT2D eigenvalue weighted by molar-refractivity contribution is 7.15. The minimum Gasteiger partial charge on any atom is -0.381 e. The van der Waals surface area contributed by atoms with Crippen LogP contribution in [0.15, 0.2) is 24.3 Å². The van der Waals surface area contributed by atoms with Crippen molar-refractivity contribution in [1.29, 1.82) is 0 Å². The molecule has 1 aromatic heterocycles. The fourth-order valence-electron chi connectivity index (χ4n) is 3.34. The number of amides is 3. The van der Waals surface area contributed by atoms with E-state index in [1.165, 1.54) is 11.3 Å². The van der Waals surface area contributed by atoms with E-state index < -0.39 is 0 Å². The maximum Gasteiger partial charge on any atom is 0.257 e. The summed E-state index contributed by atoms with van der Waals surface area (Å²) >= 11 is 1.31. The topological polar surface area (TPSA) is 114 Å². The Morgan fingerprint density at radius 1 is 1.19 bits per heavy atom. The van der Waals surface area contributed by atoms with Gasteiger partial charge in [-0.2, -0.15) is 0 Å². The third-order valence-electron chi connectivity index (χ3n) is 5.13. The second kappa shape index (κ2) is 11.7. The number of rotatable bonds is 11. The number of anilines is 2. The van der Waals surface area contributed by atoms with Gasteiger partial charge in [-0.15, -0.1) is 10.2 Å². The molecule has 1 saturated heterocycles. The van der Waals surface area contributed by atoms with Gasteiger partial charge in [0.25, 0.3) is 5.91 Å². The number of hydrogen-bond acceptors (Lipinski definition) is 7. The average molecular weight is 460 g/mol. The first-order valence-corrected chi connectivity index (χ1v) is 11.7. The van der Waals surface area contributed by atoms with Crippen LogP contribution in [-0.4, -0.2) is 59.1 Å². The number of nitrogens with zero attached hydrogens (tertiary/aromatic N) is 3. The summed E-state index contributed by atoms with van der Waals surface area (Å²) < 4.78 is 5.30. The molecule has 1 unspecified atom stereocenters. The number of aromatic nitrogens is 2. The molecule has 1 atom stereocenters. The molecule has 3 rings (SSSR count). The van der Waals surface area contributed by atoms with Crippen LogP contribution >= 0.6 is 11.3 Å². The number of ether oxygens (including phenoxy) is 1. The van der Waals surface area contributed by atoms with Gasteiger partial charge in [-0.25, -0.2) is 0 Å². The van der Waals surface area contributed by atoms with E-state index in [2.05, 4.69) is 27.8 Å². The van der Waals surface area contributed by atoms with E-state index in [1.54, 1.807) is 29.2 Å². The van der Waals surface area contributed by atoms with Gasteiger partial charge in [0.1, 0.15) is 5.01 Å². The van der Waals surface area contributed by atoms with Gasteiger partial charge >= 0.3 is 0 Å². The highest BCUT2D eigenvalue weighted by atomic mass is 32.1. The quantitative estimate of drug-likeness (QED) is 0.500. The summed E-state index contributed by atoms with van der Waals surface area (Å²) in [5.74, 6) is -0.800. The maximum atomic E-state index is 12.5. The van der Waals surface area contributed by atoms with Gasteiger partial charge in [-0.1, -0.05) is 24.7 Å². The Balaban J connectivity index is 1.50. The van der Waals surface area contributed by atoms with Crippen molar-refractivity contribution in [2.75, 3.05) is 36.9 Å². The largest absolute Gasteiger partial charge is 0.381 e. The molecule has 32 heavy (non-hydrogen) atoms. The van der Waals surface area contributed by atoms with Gasteiger partial charge in [0.05, 0.1) is 12.5 Å². The SMILES string of the molecule is CCCCN1CC(C(=O)Nc2ccc(C(=O)Nc3nnc(CCOCC)s3)cc2)CC1=O. The Morgan fingerprint density at radius 3 is 2.69 bits per heavy atom. The Labute approximate surface area is 191 Å². The van der Waals surface area contributed by atoms with Crippen molar-refractivity contribution in [2.24, 2.45) is 5.92 Å². The summed E-state index contributed by atoms with van der Waals surface area (Å²) in [5, 5.41) is 14.8. The molecule has 2 N–H and O–H groups in total. The zero-order valence-electron chi connectivity index (χ0n) is 18.4. The highest BCUT2D eigenvalue weighted by Gasteiger charge is 2.33. The summed E-state index contributed by atoms with van der Waals surface area (Å²) in [7, 11) is 0. The van der Waals surface area contributed by atoms with E-state index in [4.69, 9.17) is 4.74 Å². The van der Waals surface area contributed by atoms with E-state index in [0.29, 0.717) is 49.1 Å². The molecule has 0 spiro atoms. The lowest BCUT2D eigenvalue weighted by molar-refractivity contribution is -0.128. The molecule has 0 bridgehead atoms. The van der Waals surface area contributed by atoms with Crippen LogP contribution in [0.4, 0.5) is 10.8 Å². The van der Waals surface area contributed by atoms with Crippen LogP contribution in [-0.2, 0) is 20.7 Å². The Morgan fingerprint density at radius 2 is 1.97 bits per heavy atom. The molecule has 0 saturated carbocycles. The molecule has 0 radical (unpaired) electrons. The fraction of sp³-hybridized carbons (Fsp3) is 0.500. The van der Waals surface area contributed by atoms with Crippen LogP contribution in [0.3, 0.4) is 0 Å². The molecule has 2 aromatic rings. The number of likely N-dealkylation sites (tertiary alicyclic amines) is 1. The fourth-order valence-corrected chi connectivity index (χ4v) is 4.06. The molecule has 9 nitrogen and oxygen atoms in total. The number of benzene rings is 1. The molecule has 1 aliphatic heterocycles. The lowest BCUT2D eigenvalue weighted by Gasteiger charge is -2.16. The molecule has 3 amide bonds. The standard InChI is InChI=1S/C22H29N5O4S/c1-3-5-11-27-14-16(13-19(27)28)21(30)23-17-8-6-15(7-9-17)20(29)24-22-26-25-18(32-22)10-12-31-4-2/h6-9,16H,3-5,10-14H2,1-2H3,(H,23,30)(H,24,26,29). The van der Waals surface area contributed by atoms with Crippen LogP contribution in [0.25, 0.3) is 0 Å². The Kier molecular flexibility index (Phi) is 8.69. The molecule has 1 aliphatic rings. The van der Waals surface area contributed by atoms with Crippen molar-refractivity contribution < 1.29 is 19.1 Å². The average Bonchev–Trinajstić information content (AvgIpc) is 3.39. The molecule has 0 aliphatic carbocycles. The highest BCUT2D eigenvalue weighted by Crippen LogP contribution is 2.21. The van der Waals surface area contributed by atoms with Gasteiger partial charge in [0.2, 0.25) is 16.9 Å². The number of hydrogen-bond donors (Lipinski definition) is 2. The third kappa shape index (κ3) is 6.57. The van der Waals surface area contributed by atoms with Gasteiger partial charge in [0.15, 0.2) is 0 Å². The maximum absolute atomic E-state index is 12.5. The second-order valence-electron chi connectivity index (χ2n) is 7.56. The van der Waals surface area contributed by atoms with Crippen molar-refractivity contribution in [3.8, 4) is 0 Å². The molecule has 172 valence electrons. The molecule has 1 aromatic carbocycles. The van der Waals surface area contributed by atoms with Crippen LogP contribution in [0, 0.1) is 5.92 Å². The predicted molar refractivity (Wildman–Crippen MR) is 123 cm³/mol. The Hall–Kier alpha value is -2.85. The summed E-state index contributed by atoms with van der Waals surface area (Å²) in [5.41, 5.74) is 1.02. The summed E-state index contributed by atoms with van der Waals surface area (Å²) in [6.45, 7) is 6.38. The molecular weight excluding hydrogens is 430 g/mol. The van der Waals surface area contributed by atoms with Gasteiger partial charge in [0, 0.05) is 43.8 Å². The van der Waals surface area contributed by atoms with Crippen molar-refractivity contribution in [2.45, 2.75) is 39.5 Å². The minimum atomic E-state index is -0.350. The number of nitrogens with one attached hydrogen (secondary N) is 2. The van der Waals surface area contributed by atoms with Crippen LogP contribution in [0.1, 0.15) is 48.5 Å². The van der Waals surface area contributed by atoms with Gasteiger partial charge in [-0.3, -0.25) is 19.7 Å². The number of carbonyl (C=O) groups excluding carboxylic acids is 3. The molecule has 2 heterocycles. The first-order valence-electron chi connectivity index (χ1n) is 10.9. The van der Waals surface area contributed by atoms with E-state index >= 15 is 0 Å². The first-order chi connectivity index (χ1) is 15.5. The molecule has 10 heteroatoms. The smallest absolute Gasteiger partial charge is 0.257 e. The zero-order valence-corrected chi connectivity index (χ0v) is 19.2. The van der Waals surface area contributed by atoms with Gasteiger partial charge in [-0.05, 0) is 37.6 Å². The number of unbranched alkanes of at least 4 members (excludes halogenated alkanes) is 1. The molecule has 1 fully saturated rings. The van der Waals surface area contributed by atoms with Crippen molar-refractivity contribution in [1.82, 2.24) is 15.1 Å². The van der Waals surface area contributed by atoms with E-state index in [1.807, 2.05) is 6.92 Å². The number of carbonyl (C=O) groups is 3. The molecular formula is C22H29N5O4S. The lowest BCUT2D eigenvalue weighted by Crippen LogP contribution is -2.29. The normalized spacial score (nSPS) is 15.8. The monoisotopic (exact) mass is 459 g/mol. The van der Waals surface area contributed by atoms with Crippen LogP contribution < -0.4 is 10.6 Å². The van der Waals surface area contributed by atoms with Crippen LogP contribution in [0.5, 0.6) is 0 Å². The van der Waals surface area contributed by atoms with E-state index in [0.717, 1.165) is 17.8 Å². The Bertz CT molecular complexity index is 931. The first kappa shape index (κ1) is 23.8. The summed E-state index contributed by atoms with van der Waals surface area (Å²) in [4.78, 5) is 38.8.